The number of imidazole rings is 1. The van der Waals surface area contributed by atoms with Gasteiger partial charge in [0.15, 0.2) is 0 Å². The largest absolute Gasteiger partial charge is 0.346 e. The zero-order valence-corrected chi connectivity index (χ0v) is 20.1. The molecular formula is C27H35N5O. The third-order valence-electron chi connectivity index (χ3n) is 6.54. The first kappa shape index (κ1) is 23.2. The number of aromatic amines is 1. The average molecular weight is 446 g/mol. The van der Waals surface area contributed by atoms with E-state index in [4.69, 9.17) is 4.98 Å². The Morgan fingerprint density at radius 1 is 1.09 bits per heavy atom. The van der Waals surface area contributed by atoms with E-state index < -0.39 is 0 Å². The molecule has 4 rings (SSSR count). The lowest BCUT2D eigenvalue weighted by Crippen LogP contribution is -2.37. The maximum Gasteiger partial charge on any atom is 0.227 e. The molecule has 174 valence electrons. The maximum atomic E-state index is 13.6. The lowest BCUT2D eigenvalue weighted by molar-refractivity contribution is -0.134. The molecule has 1 aliphatic rings. The third-order valence-corrected chi connectivity index (χ3v) is 6.54. The molecule has 3 aromatic rings. The van der Waals surface area contributed by atoms with Crippen LogP contribution < -0.4 is 0 Å². The van der Waals surface area contributed by atoms with Crippen LogP contribution in [0.1, 0.15) is 43.0 Å². The molecule has 1 N–H and O–H groups in total. The minimum absolute atomic E-state index is 0.0769. The van der Waals surface area contributed by atoms with Crippen molar-refractivity contribution in [1.82, 2.24) is 24.8 Å². The van der Waals surface area contributed by atoms with Crippen molar-refractivity contribution in [3.05, 3.63) is 71.6 Å². The van der Waals surface area contributed by atoms with Crippen LogP contribution in [0.5, 0.6) is 0 Å². The first-order chi connectivity index (χ1) is 16.1. The summed E-state index contributed by atoms with van der Waals surface area (Å²) in [5.74, 6) is 1.23. The lowest BCUT2D eigenvalue weighted by atomic mass is 9.91. The number of hydrogen-bond acceptors (Lipinski definition) is 4. The minimum atomic E-state index is -0.0769. The zero-order valence-electron chi connectivity index (χ0n) is 20.1. The molecule has 6 nitrogen and oxygen atoms in total. The van der Waals surface area contributed by atoms with Crippen LogP contribution in [0.3, 0.4) is 0 Å². The minimum Gasteiger partial charge on any atom is -0.346 e. The summed E-state index contributed by atoms with van der Waals surface area (Å²) in [6.07, 6.45) is 6.25. The van der Waals surface area contributed by atoms with E-state index in [1.807, 2.05) is 24.5 Å². The normalized spacial score (nSPS) is 17.4. The van der Waals surface area contributed by atoms with Crippen LogP contribution in [-0.4, -0.2) is 56.8 Å². The van der Waals surface area contributed by atoms with Crippen molar-refractivity contribution < 1.29 is 4.79 Å². The van der Waals surface area contributed by atoms with Crippen molar-refractivity contribution in [2.45, 2.75) is 46.6 Å². The fourth-order valence-corrected chi connectivity index (χ4v) is 4.77. The predicted molar refractivity (Wildman–Crippen MR) is 132 cm³/mol. The fourth-order valence-electron chi connectivity index (χ4n) is 4.77. The number of nitrogens with one attached hydrogen (secondary N) is 1. The Balaban J connectivity index is 1.59. The topological polar surface area (TPSA) is 65.1 Å². The maximum absolute atomic E-state index is 13.6. The SMILES string of the molecule is CCCN1CCN(Cc2nc(CC)[nH]c2C)C[C@H](Cc2ccccc2-c2ccncc2)C1=O. The molecule has 1 amide bonds. The van der Waals surface area contributed by atoms with Gasteiger partial charge in [0.2, 0.25) is 5.91 Å². The summed E-state index contributed by atoms with van der Waals surface area (Å²) >= 11 is 0. The van der Waals surface area contributed by atoms with Crippen molar-refractivity contribution in [3.8, 4) is 11.1 Å². The molecule has 6 heteroatoms. The van der Waals surface area contributed by atoms with E-state index in [9.17, 15) is 4.79 Å². The molecule has 1 aromatic carbocycles. The van der Waals surface area contributed by atoms with E-state index in [-0.39, 0.29) is 11.8 Å². The number of H-pyrrole nitrogens is 1. The van der Waals surface area contributed by atoms with E-state index in [1.54, 1.807) is 0 Å². The highest BCUT2D eigenvalue weighted by Crippen LogP contribution is 2.27. The van der Waals surface area contributed by atoms with Crippen molar-refractivity contribution in [3.63, 3.8) is 0 Å². The monoisotopic (exact) mass is 445 g/mol. The second-order valence-electron chi connectivity index (χ2n) is 8.96. The summed E-state index contributed by atoms with van der Waals surface area (Å²) in [4.78, 5) is 30.4. The molecule has 0 bridgehead atoms. The highest BCUT2D eigenvalue weighted by Gasteiger charge is 2.31. The Labute approximate surface area is 197 Å². The van der Waals surface area contributed by atoms with Crippen LogP contribution in [-0.2, 0) is 24.2 Å². The van der Waals surface area contributed by atoms with E-state index in [0.717, 1.165) is 74.8 Å². The van der Waals surface area contributed by atoms with Crippen LogP contribution in [0, 0.1) is 12.8 Å². The van der Waals surface area contributed by atoms with Crippen LogP contribution in [0.25, 0.3) is 11.1 Å². The molecule has 0 saturated carbocycles. The fraction of sp³-hybridized carbons (Fsp3) is 0.444. The standard InChI is InChI=1S/C27H35N5O/c1-4-14-32-16-15-31(19-25-20(3)29-26(5-2)30-25)18-23(27(32)33)17-22-8-6-7-9-24(22)21-10-12-28-13-11-21/h6-13,23H,4-5,14-19H2,1-3H3,(H,29,30)/t23-/m0/s1. The van der Waals surface area contributed by atoms with Crippen molar-refractivity contribution in [1.29, 1.82) is 0 Å². The summed E-state index contributed by atoms with van der Waals surface area (Å²) in [5, 5.41) is 0. The van der Waals surface area contributed by atoms with Gasteiger partial charge in [0.1, 0.15) is 5.82 Å². The summed E-state index contributed by atoms with van der Waals surface area (Å²) in [6.45, 7) is 10.3. The number of amides is 1. The number of benzene rings is 1. The molecule has 1 saturated heterocycles. The summed E-state index contributed by atoms with van der Waals surface area (Å²) < 4.78 is 0. The highest BCUT2D eigenvalue weighted by atomic mass is 16.2. The third kappa shape index (κ3) is 5.50. The number of pyridine rings is 1. The smallest absolute Gasteiger partial charge is 0.227 e. The molecular weight excluding hydrogens is 410 g/mol. The number of nitrogens with zero attached hydrogens (tertiary/aromatic N) is 4. The molecule has 0 unspecified atom stereocenters. The van der Waals surface area contributed by atoms with Gasteiger partial charge >= 0.3 is 0 Å². The molecule has 0 aliphatic carbocycles. The molecule has 0 spiro atoms. The van der Waals surface area contributed by atoms with Gasteiger partial charge in [0.25, 0.3) is 0 Å². The number of hydrogen-bond donors (Lipinski definition) is 1. The zero-order chi connectivity index (χ0) is 23.2. The van der Waals surface area contributed by atoms with Crippen molar-refractivity contribution >= 4 is 5.91 Å². The quantitative estimate of drug-likeness (QED) is 0.563. The van der Waals surface area contributed by atoms with Gasteiger partial charge in [-0.2, -0.15) is 0 Å². The number of rotatable bonds is 8. The van der Waals surface area contributed by atoms with E-state index in [1.165, 1.54) is 11.1 Å². The Morgan fingerprint density at radius 3 is 2.61 bits per heavy atom. The first-order valence-electron chi connectivity index (χ1n) is 12.1. The number of carbonyl (C=O) groups is 1. The van der Waals surface area contributed by atoms with Crippen LogP contribution >= 0.6 is 0 Å². The van der Waals surface area contributed by atoms with Gasteiger partial charge in [0.05, 0.1) is 11.6 Å². The summed E-state index contributed by atoms with van der Waals surface area (Å²) in [6, 6.07) is 12.5. The van der Waals surface area contributed by atoms with Gasteiger partial charge in [-0.25, -0.2) is 4.98 Å². The molecule has 1 atom stereocenters. The van der Waals surface area contributed by atoms with Gasteiger partial charge in [0, 0.05) is 57.2 Å². The Hall–Kier alpha value is -2.99. The van der Waals surface area contributed by atoms with Gasteiger partial charge in [-0.05, 0) is 48.6 Å². The second-order valence-corrected chi connectivity index (χ2v) is 8.96. The van der Waals surface area contributed by atoms with Crippen LogP contribution in [0.2, 0.25) is 0 Å². The summed E-state index contributed by atoms with van der Waals surface area (Å²) in [5.41, 5.74) is 5.76. The Bertz CT molecular complexity index is 1060. The number of aryl methyl sites for hydroxylation is 2. The number of carbonyl (C=O) groups excluding carboxylic acids is 1. The van der Waals surface area contributed by atoms with Gasteiger partial charge in [-0.3, -0.25) is 14.7 Å². The number of aromatic nitrogens is 3. The van der Waals surface area contributed by atoms with Gasteiger partial charge < -0.3 is 9.88 Å². The second kappa shape index (κ2) is 10.8. The lowest BCUT2D eigenvalue weighted by Gasteiger charge is -2.24. The van der Waals surface area contributed by atoms with Crippen molar-refractivity contribution in [2.75, 3.05) is 26.2 Å². The molecule has 3 heterocycles. The molecule has 1 fully saturated rings. The van der Waals surface area contributed by atoms with E-state index in [0.29, 0.717) is 0 Å². The molecule has 1 aliphatic heterocycles. The molecule has 33 heavy (non-hydrogen) atoms. The van der Waals surface area contributed by atoms with E-state index >= 15 is 0 Å². The Morgan fingerprint density at radius 2 is 1.88 bits per heavy atom. The van der Waals surface area contributed by atoms with Crippen molar-refractivity contribution in [2.24, 2.45) is 5.92 Å². The summed E-state index contributed by atoms with van der Waals surface area (Å²) in [7, 11) is 0. The average Bonchev–Trinajstić information content (AvgIpc) is 3.13. The van der Waals surface area contributed by atoms with Gasteiger partial charge in [-0.15, -0.1) is 0 Å². The predicted octanol–water partition coefficient (Wildman–Crippen LogP) is 4.26. The van der Waals surface area contributed by atoms with E-state index in [2.05, 4.69) is 64.8 Å². The molecule has 0 radical (unpaired) electrons. The molecule has 2 aromatic heterocycles. The highest BCUT2D eigenvalue weighted by molar-refractivity contribution is 5.80. The van der Waals surface area contributed by atoms with Crippen LogP contribution in [0.4, 0.5) is 0 Å². The first-order valence-corrected chi connectivity index (χ1v) is 12.1. The van der Waals surface area contributed by atoms with Crippen LogP contribution in [0.15, 0.2) is 48.8 Å². The Kier molecular flexibility index (Phi) is 7.55. The van der Waals surface area contributed by atoms with Gasteiger partial charge in [-0.1, -0.05) is 38.1 Å².